The van der Waals surface area contributed by atoms with Crippen LogP contribution >= 0.6 is 0 Å². The van der Waals surface area contributed by atoms with Crippen molar-refractivity contribution in [2.24, 2.45) is 0 Å². The van der Waals surface area contributed by atoms with E-state index in [1.54, 1.807) is 12.1 Å². The summed E-state index contributed by atoms with van der Waals surface area (Å²) in [5.41, 5.74) is 25.5. The van der Waals surface area contributed by atoms with Crippen LogP contribution in [-0.2, 0) is 9.31 Å². The summed E-state index contributed by atoms with van der Waals surface area (Å²) in [6.07, 6.45) is 5.59. The zero-order valence-electron chi connectivity index (χ0n) is 50.3. The summed E-state index contributed by atoms with van der Waals surface area (Å²) in [4.78, 5) is 14.6. The van der Waals surface area contributed by atoms with E-state index < -0.39 is 18.3 Å². The van der Waals surface area contributed by atoms with Crippen LogP contribution in [-0.4, -0.2) is 33.3 Å². The smallest absolute Gasteiger partial charge is 0.399 e. The third-order valence-electron chi connectivity index (χ3n) is 17.8. The van der Waals surface area contributed by atoms with Gasteiger partial charge in [0.1, 0.15) is 5.82 Å². The largest absolute Gasteiger partial charge is 0.495 e. The maximum absolute atomic E-state index is 14.0. The summed E-state index contributed by atoms with van der Waals surface area (Å²) in [7, 11) is -0.700. The second-order valence-electron chi connectivity index (χ2n) is 23.9. The van der Waals surface area contributed by atoms with Crippen molar-refractivity contribution in [3.63, 3.8) is 0 Å². The number of hydrogen-bond donors (Lipinski definition) is 0. The van der Waals surface area contributed by atoms with Crippen LogP contribution in [0.2, 0.25) is 0 Å². The predicted octanol–water partition coefficient (Wildman–Crippen LogP) is 20.6. The Morgan fingerprint density at radius 3 is 1.10 bits per heavy atom. The Balaban J connectivity index is 0.980. The van der Waals surface area contributed by atoms with Gasteiger partial charge in [-0.05, 0) is 219 Å². The molecule has 5 nitrogen and oxygen atoms in total. The molecule has 0 atom stereocenters. The van der Waals surface area contributed by atoms with Gasteiger partial charge >= 0.3 is 7.12 Å². The Morgan fingerprint density at radius 1 is 0.292 bits per heavy atom. The minimum atomic E-state index is -0.700. The van der Waals surface area contributed by atoms with Gasteiger partial charge in [-0.3, -0.25) is 15.0 Å². The van der Waals surface area contributed by atoms with Crippen LogP contribution in [0.3, 0.4) is 0 Å². The number of aromatic nitrogens is 3. The number of benzene rings is 10. The highest BCUT2D eigenvalue weighted by atomic mass is 19.1. The number of hydrogen-bond acceptors (Lipinski definition) is 5. The molecule has 0 unspecified atom stereocenters. The molecule has 7 heteroatoms. The van der Waals surface area contributed by atoms with Crippen LogP contribution in [0.4, 0.5) is 4.39 Å². The van der Waals surface area contributed by atoms with E-state index in [9.17, 15) is 4.39 Å². The fraction of sp³-hybridized carbons (Fsp3) is 0.0854. The molecule has 428 valence electrons. The Kier molecular flexibility index (Phi) is 15.0. The Morgan fingerprint density at radius 2 is 0.663 bits per heavy atom. The van der Waals surface area contributed by atoms with Gasteiger partial charge < -0.3 is 9.31 Å². The molecule has 89 heavy (non-hydrogen) atoms. The van der Waals surface area contributed by atoms with E-state index >= 15 is 0 Å². The maximum atomic E-state index is 14.0. The van der Waals surface area contributed by atoms with Gasteiger partial charge in [-0.2, -0.15) is 0 Å². The molecule has 4 heterocycles. The van der Waals surface area contributed by atoms with E-state index in [0.717, 1.165) is 145 Å². The van der Waals surface area contributed by atoms with E-state index in [4.69, 9.17) is 24.3 Å². The minimum absolute atomic E-state index is 0.273. The molecule has 0 N–H and O–H groups in total. The molecule has 1 fully saturated rings. The maximum Gasteiger partial charge on any atom is 0.495 e. The molecule has 0 saturated carbocycles. The highest BCUT2D eigenvalue weighted by molar-refractivity contribution is 6.64. The van der Waals surface area contributed by atoms with Crippen molar-refractivity contribution >= 4 is 12.6 Å². The van der Waals surface area contributed by atoms with Gasteiger partial charge in [-0.15, -0.1) is 0 Å². The van der Waals surface area contributed by atoms with E-state index in [1.807, 2.05) is 42.9 Å². The normalized spacial score (nSPS) is 13.3. The van der Waals surface area contributed by atoms with Crippen LogP contribution in [0, 0.1) is 12.7 Å². The van der Waals surface area contributed by atoms with Gasteiger partial charge in [0.15, 0.2) is 0 Å². The van der Waals surface area contributed by atoms with E-state index in [1.165, 1.54) is 12.1 Å². The van der Waals surface area contributed by atoms with Crippen LogP contribution in [0.15, 0.2) is 292 Å². The molecule has 10 aromatic carbocycles. The second kappa shape index (κ2) is 23.7. The second-order valence-corrected chi connectivity index (χ2v) is 23.9. The molecule has 1 saturated heterocycles. The zero-order chi connectivity index (χ0) is 60.6. The van der Waals surface area contributed by atoms with Crippen molar-refractivity contribution < 1.29 is 13.7 Å². The van der Waals surface area contributed by atoms with Crippen molar-refractivity contribution in [3.05, 3.63) is 303 Å². The Labute approximate surface area is 521 Å². The standard InChI is InChI=1S/C82H63BFN3O2/c1-54-46-80(87-53-76(54)57-34-39-64(84)40-35-57)60-38-43-73(77(52-60)83-88-81(2,3)82(4,5)89-83)70-31-17-14-28-67(70)63-48-61(65-26-12-15-29-68(65)71-41-36-58(78-32-18-20-44-85-78)50-74(71)55-22-8-6-9-23-55)47-62(49-63)66-27-13-16-30-69(66)72-42-37-59(79-33-19-21-45-86-79)51-75(72)56-24-10-7-11-25-56/h6-53H,1-5H3. The summed E-state index contributed by atoms with van der Waals surface area (Å²) < 4.78 is 28.0. The van der Waals surface area contributed by atoms with Crippen molar-refractivity contribution in [1.82, 2.24) is 15.0 Å². The molecule has 0 aliphatic carbocycles. The number of rotatable bonds is 13. The van der Waals surface area contributed by atoms with Gasteiger partial charge in [0.05, 0.1) is 28.3 Å². The molecule has 14 rings (SSSR count). The first kappa shape index (κ1) is 56.4. The van der Waals surface area contributed by atoms with Gasteiger partial charge in [-0.1, -0.05) is 200 Å². The van der Waals surface area contributed by atoms with Crippen LogP contribution in [0.5, 0.6) is 0 Å². The highest BCUT2D eigenvalue weighted by Gasteiger charge is 2.52. The van der Waals surface area contributed by atoms with E-state index in [0.29, 0.717) is 0 Å². The van der Waals surface area contributed by atoms with Gasteiger partial charge in [0, 0.05) is 35.3 Å². The highest BCUT2D eigenvalue weighted by Crippen LogP contribution is 2.47. The molecule has 0 bridgehead atoms. The topological polar surface area (TPSA) is 57.1 Å². The van der Waals surface area contributed by atoms with Crippen molar-refractivity contribution in [2.75, 3.05) is 0 Å². The average Bonchev–Trinajstić information content (AvgIpc) is 1.89. The molecule has 0 radical (unpaired) electrons. The monoisotopic (exact) mass is 1150 g/mol. The molecule has 0 amide bonds. The number of aryl methyl sites for hydroxylation is 1. The lowest BCUT2D eigenvalue weighted by Crippen LogP contribution is -2.41. The van der Waals surface area contributed by atoms with Crippen LogP contribution < -0.4 is 5.46 Å². The van der Waals surface area contributed by atoms with Crippen molar-refractivity contribution in [1.29, 1.82) is 0 Å². The predicted molar refractivity (Wildman–Crippen MR) is 365 cm³/mol. The molecule has 1 aliphatic heterocycles. The summed E-state index contributed by atoms with van der Waals surface area (Å²) in [6.45, 7) is 10.5. The SMILES string of the molecule is Cc1cc(-c2ccc(-c3ccccc3-c3cc(-c4ccccc4-c4ccc(-c5ccccn5)cc4-c4ccccc4)cc(-c4ccccc4-c4ccc(-c5ccccn5)cc4-c4ccccc4)c3)c(B3OC(C)(C)C(C)(C)O3)c2)ncc1-c1ccc(F)cc1. The first-order valence-electron chi connectivity index (χ1n) is 30.3. The lowest BCUT2D eigenvalue weighted by molar-refractivity contribution is 0.00578. The first-order chi connectivity index (χ1) is 43.4. The van der Waals surface area contributed by atoms with Crippen LogP contribution in [0.1, 0.15) is 33.3 Å². The number of pyridine rings is 3. The average molecular weight is 1150 g/mol. The third-order valence-corrected chi connectivity index (χ3v) is 17.8. The molecule has 3 aromatic heterocycles. The molecule has 13 aromatic rings. The zero-order valence-corrected chi connectivity index (χ0v) is 50.3. The minimum Gasteiger partial charge on any atom is -0.399 e. The molecular weight excluding hydrogens is 1090 g/mol. The quantitative estimate of drug-likeness (QED) is 0.108. The number of halogens is 1. The van der Waals surface area contributed by atoms with Crippen molar-refractivity contribution in [2.45, 2.75) is 45.8 Å². The van der Waals surface area contributed by atoms with Crippen molar-refractivity contribution in [3.8, 4) is 134 Å². The van der Waals surface area contributed by atoms with E-state index in [2.05, 4.69) is 259 Å². The number of nitrogens with zero attached hydrogens (tertiary/aromatic N) is 3. The van der Waals surface area contributed by atoms with E-state index in [-0.39, 0.29) is 5.82 Å². The Hall–Kier alpha value is -10.4. The molecule has 0 spiro atoms. The molecular formula is C82H63BFN3O2. The summed E-state index contributed by atoms with van der Waals surface area (Å²) >= 11 is 0. The first-order valence-corrected chi connectivity index (χ1v) is 30.3. The fourth-order valence-electron chi connectivity index (χ4n) is 12.4. The van der Waals surface area contributed by atoms with Crippen LogP contribution in [0.25, 0.3) is 134 Å². The van der Waals surface area contributed by atoms with Gasteiger partial charge in [-0.25, -0.2) is 4.39 Å². The summed E-state index contributed by atoms with van der Waals surface area (Å²) in [5.74, 6) is -0.273. The summed E-state index contributed by atoms with van der Waals surface area (Å²) in [6, 6.07) is 95.6. The summed E-state index contributed by atoms with van der Waals surface area (Å²) in [5, 5.41) is 0. The van der Waals surface area contributed by atoms with Gasteiger partial charge in [0.2, 0.25) is 0 Å². The molecule has 1 aliphatic rings. The Bertz CT molecular complexity index is 4540. The lowest BCUT2D eigenvalue weighted by atomic mass is 9.72. The third kappa shape index (κ3) is 11.1. The fourth-order valence-corrected chi connectivity index (χ4v) is 12.4. The lowest BCUT2D eigenvalue weighted by Gasteiger charge is -2.32. The van der Waals surface area contributed by atoms with Gasteiger partial charge in [0.25, 0.3) is 0 Å².